The van der Waals surface area contributed by atoms with E-state index in [1.807, 2.05) is 0 Å². The number of nitrogens with zero attached hydrogens (tertiary/aromatic N) is 1. The van der Waals surface area contributed by atoms with Crippen LogP contribution in [0.15, 0.2) is 42.5 Å². The van der Waals surface area contributed by atoms with Crippen LogP contribution in [0.25, 0.3) is 0 Å². The van der Waals surface area contributed by atoms with E-state index in [-0.39, 0.29) is 23.4 Å². The summed E-state index contributed by atoms with van der Waals surface area (Å²) in [5, 5.41) is 4.97. The molecule has 2 heterocycles. The molecular formula is C22H22B4ClF2N3O4. The third-order valence-electron chi connectivity index (χ3n) is 7.58. The van der Waals surface area contributed by atoms with Crippen LogP contribution >= 0.6 is 11.6 Å². The van der Waals surface area contributed by atoms with E-state index in [0.717, 1.165) is 12.1 Å². The number of nitrogens with one attached hydrogen (secondary N) is 2. The SMILES string of the molecule is BC(NC(=O)C(F)(F)c1ccc(Cl)cc1)c1ccc2c(c1)CN([C@@]1(B)C(=O)NC(=O)C(B)C1B)C2=O. The number of carbonyl (C=O) groups excluding carboxylic acids is 4. The van der Waals surface area contributed by atoms with Gasteiger partial charge < -0.3 is 10.2 Å². The lowest BCUT2D eigenvalue weighted by molar-refractivity contribution is -0.147. The fraction of sp³-hybridized carbons (Fsp3) is 0.273. The molecule has 0 aromatic heterocycles. The van der Waals surface area contributed by atoms with Crippen molar-refractivity contribution < 1.29 is 28.0 Å². The van der Waals surface area contributed by atoms with Crippen molar-refractivity contribution in [3.05, 3.63) is 69.7 Å². The lowest BCUT2D eigenvalue weighted by Gasteiger charge is -2.47. The van der Waals surface area contributed by atoms with E-state index < -0.39 is 46.3 Å². The average Bonchev–Trinajstić information content (AvgIpc) is 3.17. The molecule has 2 aliphatic rings. The molecule has 0 bridgehead atoms. The zero-order valence-corrected chi connectivity index (χ0v) is 21.0. The second kappa shape index (κ2) is 9.10. The molecule has 2 N–H and O–H groups in total. The van der Waals surface area contributed by atoms with Gasteiger partial charge in [0.05, 0.1) is 5.44 Å². The van der Waals surface area contributed by atoms with E-state index in [2.05, 4.69) is 10.6 Å². The minimum absolute atomic E-state index is 0.110. The first-order valence-electron chi connectivity index (χ1n) is 11.5. The molecule has 3 unspecified atom stereocenters. The Hall–Kier alpha value is -3.07. The number of amides is 4. The molecule has 0 spiro atoms. The number of benzene rings is 2. The van der Waals surface area contributed by atoms with Gasteiger partial charge in [0.15, 0.2) is 0 Å². The highest BCUT2D eigenvalue weighted by atomic mass is 35.5. The number of fused-ring (bicyclic) bond motifs is 1. The predicted molar refractivity (Wildman–Crippen MR) is 140 cm³/mol. The van der Waals surface area contributed by atoms with Crippen LogP contribution in [-0.4, -0.2) is 65.4 Å². The van der Waals surface area contributed by atoms with E-state index in [1.165, 1.54) is 17.0 Å². The third-order valence-corrected chi connectivity index (χ3v) is 7.83. The maximum Gasteiger partial charge on any atom is 0.349 e. The zero-order valence-electron chi connectivity index (χ0n) is 20.2. The number of hydrogen-bond acceptors (Lipinski definition) is 4. The summed E-state index contributed by atoms with van der Waals surface area (Å²) >= 11 is 5.75. The van der Waals surface area contributed by atoms with Gasteiger partial charge in [-0.25, -0.2) is 0 Å². The molecule has 0 saturated carbocycles. The number of hydrogen-bond donors (Lipinski definition) is 2. The van der Waals surface area contributed by atoms with E-state index in [1.54, 1.807) is 49.6 Å². The van der Waals surface area contributed by atoms with E-state index in [0.29, 0.717) is 16.7 Å². The molecule has 14 heteroatoms. The highest BCUT2D eigenvalue weighted by Gasteiger charge is 2.54. The first kappa shape index (κ1) is 26.0. The monoisotopic (exact) mass is 509 g/mol. The Morgan fingerprint density at radius 1 is 1.17 bits per heavy atom. The van der Waals surface area contributed by atoms with Crippen molar-refractivity contribution in [3.8, 4) is 0 Å². The molecular weight excluding hydrogens is 487 g/mol. The summed E-state index contributed by atoms with van der Waals surface area (Å²) < 4.78 is 29.4. The van der Waals surface area contributed by atoms with Crippen LogP contribution in [-0.2, 0) is 26.9 Å². The molecule has 1 fully saturated rings. The normalized spacial score (nSPS) is 24.8. The smallest absolute Gasteiger partial charge is 0.349 e. The van der Waals surface area contributed by atoms with Crippen LogP contribution in [0, 0.1) is 0 Å². The predicted octanol–water partition coefficient (Wildman–Crippen LogP) is -1.34. The largest absolute Gasteiger partial charge is 0.352 e. The van der Waals surface area contributed by atoms with Gasteiger partial charge in [0.25, 0.3) is 11.8 Å². The van der Waals surface area contributed by atoms with Gasteiger partial charge in [-0.1, -0.05) is 35.9 Å². The highest BCUT2D eigenvalue weighted by molar-refractivity contribution is 6.43. The number of imide groups is 1. The molecule has 0 radical (unpaired) electrons. The molecule has 36 heavy (non-hydrogen) atoms. The van der Waals surface area contributed by atoms with Gasteiger partial charge in [0.2, 0.25) is 11.8 Å². The molecule has 7 nitrogen and oxygen atoms in total. The van der Waals surface area contributed by atoms with Crippen molar-refractivity contribution in [2.75, 3.05) is 0 Å². The maximum absolute atomic E-state index is 14.7. The second-order valence-corrected chi connectivity index (χ2v) is 10.1. The first-order chi connectivity index (χ1) is 16.8. The Labute approximate surface area is 215 Å². The number of halogens is 3. The Balaban J connectivity index is 1.54. The number of piperidine rings is 1. The second-order valence-electron chi connectivity index (χ2n) is 9.63. The van der Waals surface area contributed by atoms with E-state index >= 15 is 0 Å². The molecule has 2 aromatic rings. The minimum atomic E-state index is -3.77. The van der Waals surface area contributed by atoms with Crippen molar-refractivity contribution in [2.45, 2.75) is 35.5 Å². The van der Waals surface area contributed by atoms with Gasteiger partial charge in [-0.3, -0.25) is 24.5 Å². The van der Waals surface area contributed by atoms with Crippen LogP contribution in [0.1, 0.15) is 33.0 Å². The molecule has 4 rings (SSSR count). The molecule has 4 atom stereocenters. The summed E-state index contributed by atoms with van der Waals surface area (Å²) in [5.41, 5.74) is -0.209. The summed E-state index contributed by atoms with van der Waals surface area (Å²) in [6.07, 6.45) is 0. The number of rotatable bonds is 5. The van der Waals surface area contributed by atoms with Gasteiger partial charge in [-0.2, -0.15) is 8.78 Å². The van der Waals surface area contributed by atoms with Crippen LogP contribution < -0.4 is 10.6 Å². The van der Waals surface area contributed by atoms with Gasteiger partial charge in [0, 0.05) is 34.5 Å². The fourth-order valence-electron chi connectivity index (χ4n) is 4.79. The van der Waals surface area contributed by atoms with E-state index in [4.69, 9.17) is 11.6 Å². The molecule has 4 amide bonds. The standard InChI is InChI=1S/C22H22B4ClF2N3O4/c23-14-15(24)21(26,19(35)31-17(14)33)32-8-10-7-9(1-6-13(10)18(32)34)16(25)30-20(36)22(28,29)11-2-4-12(27)5-3-11/h1-7,14-16H,8,23-26H2,(H,30,36)(H,31,33,35)/t14?,15?,16?,21-/m1/s1. The lowest BCUT2D eigenvalue weighted by atomic mass is 9.48. The quantitative estimate of drug-likeness (QED) is 0.386. The van der Waals surface area contributed by atoms with Gasteiger partial charge in [-0.15, -0.1) is 0 Å². The minimum Gasteiger partial charge on any atom is -0.352 e. The number of carbonyl (C=O) groups is 4. The highest BCUT2D eigenvalue weighted by Crippen LogP contribution is 2.41. The summed E-state index contributed by atoms with van der Waals surface area (Å²) in [7, 11) is 6.68. The van der Waals surface area contributed by atoms with Crippen molar-refractivity contribution >= 4 is 66.6 Å². The van der Waals surface area contributed by atoms with Crippen molar-refractivity contribution in [1.29, 1.82) is 0 Å². The van der Waals surface area contributed by atoms with Crippen molar-refractivity contribution in [1.82, 2.24) is 15.5 Å². The first-order valence-corrected chi connectivity index (χ1v) is 11.9. The fourth-order valence-corrected chi connectivity index (χ4v) is 4.91. The van der Waals surface area contributed by atoms with Crippen LogP contribution in [0.5, 0.6) is 0 Å². The molecule has 2 aromatic carbocycles. The average molecular weight is 509 g/mol. The third kappa shape index (κ3) is 4.13. The Morgan fingerprint density at radius 2 is 1.81 bits per heavy atom. The topological polar surface area (TPSA) is 95.6 Å². The lowest BCUT2D eigenvalue weighted by Crippen LogP contribution is -2.67. The maximum atomic E-state index is 14.7. The Kier molecular flexibility index (Phi) is 6.58. The zero-order chi connectivity index (χ0) is 26.6. The number of alkyl halides is 2. The van der Waals surface area contributed by atoms with Gasteiger partial charge >= 0.3 is 5.92 Å². The molecule has 1 saturated heterocycles. The Morgan fingerprint density at radius 3 is 2.44 bits per heavy atom. The molecule has 0 aliphatic carbocycles. The summed E-state index contributed by atoms with van der Waals surface area (Å²) in [5.74, 6) is -8.18. The van der Waals surface area contributed by atoms with Crippen LogP contribution in [0.2, 0.25) is 16.7 Å². The van der Waals surface area contributed by atoms with Gasteiger partial charge in [0.1, 0.15) is 31.4 Å². The molecule has 182 valence electrons. The molecule has 2 aliphatic heterocycles. The summed E-state index contributed by atoms with van der Waals surface area (Å²) in [6.45, 7) is 0.110. The Bertz CT molecular complexity index is 1280. The van der Waals surface area contributed by atoms with Crippen molar-refractivity contribution in [2.24, 2.45) is 0 Å². The van der Waals surface area contributed by atoms with E-state index in [9.17, 15) is 28.0 Å². The summed E-state index contributed by atoms with van der Waals surface area (Å²) in [6, 6.07) is 9.59. The van der Waals surface area contributed by atoms with Crippen LogP contribution in [0.4, 0.5) is 8.78 Å². The van der Waals surface area contributed by atoms with Gasteiger partial charge in [-0.05, 0) is 35.1 Å². The summed E-state index contributed by atoms with van der Waals surface area (Å²) in [4.78, 5) is 52.0. The van der Waals surface area contributed by atoms with Crippen LogP contribution in [0.3, 0.4) is 0 Å². The van der Waals surface area contributed by atoms with Crippen molar-refractivity contribution in [3.63, 3.8) is 0 Å².